The fourth-order valence-corrected chi connectivity index (χ4v) is 3.81. The predicted octanol–water partition coefficient (Wildman–Crippen LogP) is 4.09. The number of hydrogen-bond donors (Lipinski definition) is 1. The van der Waals surface area contributed by atoms with E-state index in [1.807, 2.05) is 13.8 Å². The van der Waals surface area contributed by atoms with Crippen molar-refractivity contribution in [1.29, 1.82) is 0 Å². The van der Waals surface area contributed by atoms with Crippen molar-refractivity contribution in [2.24, 2.45) is 0 Å². The number of benzene rings is 2. The summed E-state index contributed by atoms with van der Waals surface area (Å²) >= 11 is 8.73. The zero-order chi connectivity index (χ0) is 22.5. The SMILES string of the molecule is CCOc1cc(OCC)c(/C=C2\C(=O)NC(=S)N(c3ccccc3OC)C2=O)cc1Br. The normalized spacial score (nSPS) is 15.2. The number of amides is 2. The number of para-hydroxylation sites is 2. The van der Waals surface area contributed by atoms with Crippen LogP contribution in [0.3, 0.4) is 0 Å². The highest BCUT2D eigenvalue weighted by atomic mass is 79.9. The second kappa shape index (κ2) is 9.93. The molecule has 3 rings (SSSR count). The molecule has 1 N–H and O–H groups in total. The van der Waals surface area contributed by atoms with E-state index in [9.17, 15) is 9.59 Å². The molecule has 0 aliphatic carbocycles. The number of anilines is 1. The average molecular weight is 505 g/mol. The fourth-order valence-electron chi connectivity index (χ4n) is 3.06. The van der Waals surface area contributed by atoms with Gasteiger partial charge in [-0.15, -0.1) is 0 Å². The second-order valence-electron chi connectivity index (χ2n) is 6.32. The average Bonchev–Trinajstić information content (AvgIpc) is 2.74. The summed E-state index contributed by atoms with van der Waals surface area (Å²) in [6.07, 6.45) is 1.48. The van der Waals surface area contributed by atoms with Crippen molar-refractivity contribution in [3.8, 4) is 17.2 Å². The maximum Gasteiger partial charge on any atom is 0.270 e. The minimum atomic E-state index is -0.589. The molecule has 31 heavy (non-hydrogen) atoms. The van der Waals surface area contributed by atoms with E-state index in [0.717, 1.165) is 0 Å². The maximum atomic E-state index is 13.3. The molecule has 2 aromatic carbocycles. The minimum absolute atomic E-state index is 0.0189. The molecule has 7 nitrogen and oxygen atoms in total. The third-order valence-corrected chi connectivity index (χ3v) is 5.30. The molecule has 0 spiro atoms. The quantitative estimate of drug-likeness (QED) is 0.347. The lowest BCUT2D eigenvalue weighted by Gasteiger charge is -2.29. The molecular formula is C22H21BrN2O5S. The number of nitrogens with zero attached hydrogens (tertiary/aromatic N) is 1. The van der Waals surface area contributed by atoms with E-state index in [2.05, 4.69) is 21.2 Å². The van der Waals surface area contributed by atoms with E-state index in [4.69, 9.17) is 26.4 Å². The second-order valence-corrected chi connectivity index (χ2v) is 7.56. The van der Waals surface area contributed by atoms with Gasteiger partial charge in [-0.2, -0.15) is 0 Å². The van der Waals surface area contributed by atoms with Crippen molar-refractivity contribution >= 4 is 56.8 Å². The number of ether oxygens (including phenoxy) is 3. The number of hydrogen-bond acceptors (Lipinski definition) is 6. The molecule has 1 saturated heterocycles. The Balaban J connectivity index is 2.09. The first-order valence-electron chi connectivity index (χ1n) is 9.54. The van der Waals surface area contributed by atoms with Crippen molar-refractivity contribution in [3.63, 3.8) is 0 Å². The van der Waals surface area contributed by atoms with Crippen molar-refractivity contribution in [2.45, 2.75) is 13.8 Å². The third-order valence-electron chi connectivity index (χ3n) is 4.39. The lowest BCUT2D eigenvalue weighted by molar-refractivity contribution is -0.122. The Bertz CT molecular complexity index is 1070. The number of carbonyl (C=O) groups is 2. The largest absolute Gasteiger partial charge is 0.495 e. The van der Waals surface area contributed by atoms with Crippen molar-refractivity contribution in [2.75, 3.05) is 25.2 Å². The van der Waals surface area contributed by atoms with Crippen LogP contribution in [0.4, 0.5) is 5.69 Å². The van der Waals surface area contributed by atoms with Crippen LogP contribution in [0.2, 0.25) is 0 Å². The number of carbonyl (C=O) groups excluding carboxylic acids is 2. The molecule has 1 aliphatic rings. The van der Waals surface area contributed by atoms with Crippen LogP contribution in [-0.4, -0.2) is 37.3 Å². The number of nitrogens with one attached hydrogen (secondary N) is 1. The van der Waals surface area contributed by atoms with Crippen molar-refractivity contribution in [1.82, 2.24) is 5.32 Å². The summed E-state index contributed by atoms with van der Waals surface area (Å²) in [4.78, 5) is 27.2. The van der Waals surface area contributed by atoms with Crippen LogP contribution >= 0.6 is 28.1 Å². The first-order chi connectivity index (χ1) is 14.9. The van der Waals surface area contributed by atoms with Crippen LogP contribution in [0.25, 0.3) is 6.08 Å². The molecule has 0 atom stereocenters. The van der Waals surface area contributed by atoms with Gasteiger partial charge in [-0.3, -0.25) is 14.9 Å². The van der Waals surface area contributed by atoms with Crippen LogP contribution in [-0.2, 0) is 9.59 Å². The fraction of sp³-hybridized carbons (Fsp3) is 0.227. The van der Waals surface area contributed by atoms with Crippen LogP contribution < -0.4 is 24.4 Å². The van der Waals surface area contributed by atoms with E-state index in [1.165, 1.54) is 18.1 Å². The van der Waals surface area contributed by atoms with E-state index >= 15 is 0 Å². The smallest absolute Gasteiger partial charge is 0.270 e. The van der Waals surface area contributed by atoms with Crippen molar-refractivity contribution in [3.05, 3.63) is 52.0 Å². The summed E-state index contributed by atoms with van der Waals surface area (Å²) < 4.78 is 17.3. The highest BCUT2D eigenvalue weighted by Gasteiger charge is 2.36. The van der Waals surface area contributed by atoms with Crippen LogP contribution in [0.5, 0.6) is 17.2 Å². The lowest BCUT2D eigenvalue weighted by Crippen LogP contribution is -2.54. The Hall–Kier alpha value is -2.91. The molecule has 162 valence electrons. The van der Waals surface area contributed by atoms with Gasteiger partial charge in [0.2, 0.25) is 0 Å². The number of rotatable bonds is 7. The lowest BCUT2D eigenvalue weighted by atomic mass is 10.1. The number of halogens is 1. The molecule has 9 heteroatoms. The monoisotopic (exact) mass is 504 g/mol. The van der Waals surface area contributed by atoms with Crippen molar-refractivity contribution < 1.29 is 23.8 Å². The molecule has 0 radical (unpaired) electrons. The van der Waals surface area contributed by atoms with Gasteiger partial charge in [-0.05, 0) is 66.3 Å². The topological polar surface area (TPSA) is 77.1 Å². The Morgan fingerprint density at radius 2 is 1.74 bits per heavy atom. The first-order valence-corrected chi connectivity index (χ1v) is 10.7. The van der Waals surface area contributed by atoms with Gasteiger partial charge in [0.25, 0.3) is 11.8 Å². The molecule has 0 saturated carbocycles. The van der Waals surface area contributed by atoms with E-state index in [0.29, 0.717) is 46.2 Å². The van der Waals surface area contributed by atoms with E-state index in [-0.39, 0.29) is 10.7 Å². The summed E-state index contributed by atoms with van der Waals surface area (Å²) in [6.45, 7) is 4.61. The molecule has 2 aromatic rings. The predicted molar refractivity (Wildman–Crippen MR) is 126 cm³/mol. The van der Waals surface area contributed by atoms with Gasteiger partial charge in [0.15, 0.2) is 5.11 Å². The van der Waals surface area contributed by atoms with Gasteiger partial charge >= 0.3 is 0 Å². The number of thiocarbonyl (C=S) groups is 1. The van der Waals surface area contributed by atoms with E-state index < -0.39 is 11.8 Å². The summed E-state index contributed by atoms with van der Waals surface area (Å²) in [5, 5.41) is 2.56. The molecule has 0 unspecified atom stereocenters. The van der Waals surface area contributed by atoms with Crippen LogP contribution in [0, 0.1) is 0 Å². The molecule has 0 bridgehead atoms. The third kappa shape index (κ3) is 4.72. The van der Waals surface area contributed by atoms with Crippen LogP contribution in [0.1, 0.15) is 19.4 Å². The van der Waals surface area contributed by atoms with Gasteiger partial charge in [-0.25, -0.2) is 4.90 Å². The maximum absolute atomic E-state index is 13.3. The minimum Gasteiger partial charge on any atom is -0.495 e. The summed E-state index contributed by atoms with van der Waals surface area (Å²) in [5.74, 6) is 0.385. The zero-order valence-corrected chi connectivity index (χ0v) is 19.6. The Morgan fingerprint density at radius 1 is 1.06 bits per heavy atom. The molecular weight excluding hydrogens is 484 g/mol. The highest BCUT2D eigenvalue weighted by Crippen LogP contribution is 2.36. The number of methoxy groups -OCH3 is 1. The highest BCUT2D eigenvalue weighted by molar-refractivity contribution is 9.10. The standard InChI is InChI=1S/C22H21BrN2O5S/c1-4-29-18-12-19(30-5-2)15(23)11-13(18)10-14-20(26)24-22(31)25(21(14)27)16-8-6-7-9-17(16)28-3/h6-12H,4-5H2,1-3H3,(H,24,26,31)/b14-10+. The summed E-state index contributed by atoms with van der Waals surface area (Å²) in [7, 11) is 1.50. The molecule has 0 aromatic heterocycles. The van der Waals surface area contributed by atoms with Gasteiger partial charge < -0.3 is 14.2 Å². The molecule has 1 fully saturated rings. The summed E-state index contributed by atoms with van der Waals surface area (Å²) in [6, 6.07) is 10.4. The van der Waals surface area contributed by atoms with Gasteiger partial charge in [0.1, 0.15) is 22.8 Å². The van der Waals surface area contributed by atoms with Gasteiger partial charge in [0, 0.05) is 11.6 Å². The molecule has 1 aliphatic heterocycles. The van der Waals surface area contributed by atoms with Gasteiger partial charge in [-0.1, -0.05) is 12.1 Å². The Morgan fingerprint density at radius 3 is 2.42 bits per heavy atom. The first kappa shape index (κ1) is 22.8. The van der Waals surface area contributed by atoms with Crippen LogP contribution in [0.15, 0.2) is 46.4 Å². The Kier molecular flexibility index (Phi) is 7.29. The zero-order valence-electron chi connectivity index (χ0n) is 17.2. The summed E-state index contributed by atoms with van der Waals surface area (Å²) in [5.41, 5.74) is 0.892. The van der Waals surface area contributed by atoms with E-state index in [1.54, 1.807) is 36.4 Å². The van der Waals surface area contributed by atoms with Gasteiger partial charge in [0.05, 0.1) is 30.5 Å². The molecule has 1 heterocycles. The Labute approximate surface area is 194 Å². The molecule has 2 amide bonds.